The van der Waals surface area contributed by atoms with Crippen LogP contribution in [0, 0.1) is 5.41 Å². The van der Waals surface area contributed by atoms with Crippen molar-refractivity contribution in [2.45, 2.75) is 38.6 Å². The summed E-state index contributed by atoms with van der Waals surface area (Å²) >= 11 is 5.85. The van der Waals surface area contributed by atoms with E-state index in [1.54, 1.807) is 24.3 Å². The molecule has 3 amide bonds. The molecule has 1 saturated heterocycles. The highest BCUT2D eigenvalue weighted by Crippen LogP contribution is 2.23. The fourth-order valence-electron chi connectivity index (χ4n) is 3.33. The van der Waals surface area contributed by atoms with Gasteiger partial charge in [0.25, 0.3) is 0 Å². The Morgan fingerprint density at radius 2 is 1.70 bits per heavy atom. The number of amides is 3. The first kappa shape index (κ1) is 21.6. The summed E-state index contributed by atoms with van der Waals surface area (Å²) < 4.78 is 0. The second-order valence-electron chi connectivity index (χ2n) is 7.18. The lowest BCUT2D eigenvalue weighted by Gasteiger charge is -2.20. The van der Waals surface area contributed by atoms with Crippen LogP contribution in [-0.4, -0.2) is 30.4 Å². The molecule has 1 fully saturated rings. The van der Waals surface area contributed by atoms with Crippen molar-refractivity contribution in [1.29, 1.82) is 5.41 Å². The topological polar surface area (TPSA) is 97.3 Å². The normalized spacial score (nSPS) is 14.3. The van der Waals surface area contributed by atoms with Gasteiger partial charge in [-0.3, -0.25) is 10.2 Å². The third-order valence-corrected chi connectivity index (χ3v) is 5.12. The Balaban J connectivity index is 1.58. The van der Waals surface area contributed by atoms with E-state index >= 15 is 0 Å². The summed E-state index contributed by atoms with van der Waals surface area (Å²) in [5.74, 6) is 0.343. The van der Waals surface area contributed by atoms with Gasteiger partial charge >= 0.3 is 6.03 Å². The van der Waals surface area contributed by atoms with Crippen LogP contribution in [0.15, 0.2) is 48.5 Å². The molecule has 0 aliphatic carbocycles. The number of halogens is 1. The summed E-state index contributed by atoms with van der Waals surface area (Å²) in [6.45, 7) is 2.80. The van der Waals surface area contributed by atoms with Gasteiger partial charge in [-0.25, -0.2) is 4.79 Å². The minimum absolute atomic E-state index is 0.273. The maximum absolute atomic E-state index is 12.7. The Morgan fingerprint density at radius 3 is 2.30 bits per heavy atom. The lowest BCUT2D eigenvalue weighted by Crippen LogP contribution is -2.45. The van der Waals surface area contributed by atoms with Crippen LogP contribution in [0.1, 0.15) is 32.6 Å². The molecule has 0 saturated carbocycles. The van der Waals surface area contributed by atoms with Gasteiger partial charge in [0.1, 0.15) is 11.9 Å². The van der Waals surface area contributed by atoms with Gasteiger partial charge in [0.15, 0.2) is 0 Å². The molecule has 158 valence electrons. The van der Waals surface area contributed by atoms with Crippen molar-refractivity contribution < 1.29 is 9.59 Å². The zero-order valence-electron chi connectivity index (χ0n) is 16.9. The largest absolute Gasteiger partial charge is 0.330 e. The molecule has 7 nitrogen and oxygen atoms in total. The third-order valence-electron chi connectivity index (χ3n) is 4.87. The van der Waals surface area contributed by atoms with E-state index in [2.05, 4.69) is 16.0 Å². The number of carbonyl (C=O) groups is 2. The number of nitrogens with zero attached hydrogens (tertiary/aromatic N) is 1. The fraction of sp³-hybridized carbons (Fsp3) is 0.318. The first-order valence-corrected chi connectivity index (χ1v) is 10.4. The van der Waals surface area contributed by atoms with E-state index in [0.29, 0.717) is 28.7 Å². The van der Waals surface area contributed by atoms with Crippen LogP contribution in [0.25, 0.3) is 0 Å². The van der Waals surface area contributed by atoms with Crippen molar-refractivity contribution in [3.63, 3.8) is 0 Å². The van der Waals surface area contributed by atoms with Crippen LogP contribution in [-0.2, 0) is 4.79 Å². The van der Waals surface area contributed by atoms with Crippen molar-refractivity contribution in [2.24, 2.45) is 0 Å². The van der Waals surface area contributed by atoms with Crippen LogP contribution in [0.4, 0.5) is 21.9 Å². The minimum Gasteiger partial charge on any atom is -0.330 e. The number of urea groups is 1. The number of nitrogens with one attached hydrogen (secondary N) is 4. The standard InChI is InChI=1S/C22H26ClN5O2/c1-2-4-19(27-22(30)26-17-8-6-15(23)7-9-17)21(29)25-16-10-12-18(13-11-16)28-14-3-5-20(28)24/h6-13,19,24H,2-5,14H2,1H3,(H,25,29)(H2,26,27,30). The molecule has 4 N–H and O–H groups in total. The van der Waals surface area contributed by atoms with Gasteiger partial charge in [-0.2, -0.15) is 0 Å². The smallest absolute Gasteiger partial charge is 0.319 e. The van der Waals surface area contributed by atoms with Crippen molar-refractivity contribution in [3.8, 4) is 0 Å². The molecule has 2 aromatic rings. The maximum atomic E-state index is 12.7. The van der Waals surface area contributed by atoms with E-state index in [4.69, 9.17) is 17.0 Å². The van der Waals surface area contributed by atoms with Gasteiger partial charge in [0, 0.05) is 35.1 Å². The summed E-state index contributed by atoms with van der Waals surface area (Å²) in [5, 5.41) is 16.9. The molecule has 3 rings (SSSR count). The van der Waals surface area contributed by atoms with Gasteiger partial charge in [0.05, 0.1) is 0 Å². The predicted octanol–water partition coefficient (Wildman–Crippen LogP) is 4.85. The lowest BCUT2D eigenvalue weighted by molar-refractivity contribution is -0.118. The predicted molar refractivity (Wildman–Crippen MR) is 122 cm³/mol. The van der Waals surface area contributed by atoms with E-state index < -0.39 is 12.1 Å². The Hall–Kier alpha value is -3.06. The second kappa shape index (κ2) is 10.1. The van der Waals surface area contributed by atoms with Crippen molar-refractivity contribution in [3.05, 3.63) is 53.6 Å². The zero-order valence-corrected chi connectivity index (χ0v) is 17.6. The van der Waals surface area contributed by atoms with E-state index in [1.165, 1.54) is 0 Å². The summed E-state index contributed by atoms with van der Waals surface area (Å²) in [4.78, 5) is 27.0. The van der Waals surface area contributed by atoms with Crippen molar-refractivity contribution in [2.75, 3.05) is 22.1 Å². The van der Waals surface area contributed by atoms with Crippen LogP contribution in [0.2, 0.25) is 5.02 Å². The Kier molecular flexibility index (Phi) is 7.30. The molecule has 0 bridgehead atoms. The number of anilines is 3. The van der Waals surface area contributed by atoms with Crippen LogP contribution in [0.5, 0.6) is 0 Å². The molecule has 0 spiro atoms. The molecule has 1 unspecified atom stereocenters. The maximum Gasteiger partial charge on any atom is 0.319 e. The second-order valence-corrected chi connectivity index (χ2v) is 7.62. The Bertz CT molecular complexity index is 899. The average molecular weight is 428 g/mol. The van der Waals surface area contributed by atoms with Crippen LogP contribution >= 0.6 is 11.6 Å². The van der Waals surface area contributed by atoms with E-state index in [-0.39, 0.29) is 5.91 Å². The highest BCUT2D eigenvalue weighted by Gasteiger charge is 2.21. The molecule has 1 atom stereocenters. The summed E-state index contributed by atoms with van der Waals surface area (Å²) in [6, 6.07) is 13.1. The summed E-state index contributed by atoms with van der Waals surface area (Å²) in [7, 11) is 0. The van der Waals surface area contributed by atoms with Crippen molar-refractivity contribution in [1.82, 2.24) is 5.32 Å². The molecular weight excluding hydrogens is 402 g/mol. The van der Waals surface area contributed by atoms with Crippen molar-refractivity contribution >= 4 is 46.4 Å². The highest BCUT2D eigenvalue weighted by molar-refractivity contribution is 6.30. The Morgan fingerprint density at radius 1 is 1.07 bits per heavy atom. The first-order valence-electron chi connectivity index (χ1n) is 10.0. The average Bonchev–Trinajstić information content (AvgIpc) is 3.16. The highest BCUT2D eigenvalue weighted by atomic mass is 35.5. The number of carbonyl (C=O) groups excluding carboxylic acids is 2. The number of amidine groups is 1. The number of rotatable bonds is 7. The van der Waals surface area contributed by atoms with Crippen LogP contribution in [0.3, 0.4) is 0 Å². The van der Waals surface area contributed by atoms with E-state index in [9.17, 15) is 9.59 Å². The quantitative estimate of drug-likeness (QED) is 0.508. The fourth-order valence-corrected chi connectivity index (χ4v) is 3.46. The molecular formula is C22H26ClN5O2. The molecule has 0 aromatic heterocycles. The third kappa shape index (κ3) is 5.73. The number of hydrogen-bond donors (Lipinski definition) is 4. The number of benzene rings is 2. The monoisotopic (exact) mass is 427 g/mol. The molecule has 1 aliphatic heterocycles. The summed E-state index contributed by atoms with van der Waals surface area (Å²) in [6.07, 6.45) is 3.04. The molecule has 8 heteroatoms. The number of hydrogen-bond acceptors (Lipinski definition) is 3. The minimum atomic E-state index is -0.659. The van der Waals surface area contributed by atoms with E-state index in [0.717, 1.165) is 31.5 Å². The molecule has 1 aliphatic rings. The summed E-state index contributed by atoms with van der Waals surface area (Å²) in [5.41, 5.74) is 2.19. The molecule has 2 aromatic carbocycles. The van der Waals surface area contributed by atoms with Gasteiger partial charge in [-0.05, 0) is 61.4 Å². The van der Waals surface area contributed by atoms with Gasteiger partial charge < -0.3 is 20.9 Å². The molecule has 30 heavy (non-hydrogen) atoms. The lowest BCUT2D eigenvalue weighted by atomic mass is 10.1. The SMILES string of the molecule is CCCC(NC(=O)Nc1ccc(Cl)cc1)C(=O)Nc1ccc(N2CCCC2=N)cc1. The molecule has 0 radical (unpaired) electrons. The zero-order chi connectivity index (χ0) is 21.5. The molecule has 1 heterocycles. The van der Waals surface area contributed by atoms with Gasteiger partial charge in [0.2, 0.25) is 5.91 Å². The van der Waals surface area contributed by atoms with Crippen LogP contribution < -0.4 is 20.9 Å². The van der Waals surface area contributed by atoms with Gasteiger partial charge in [-0.1, -0.05) is 24.9 Å². The van der Waals surface area contributed by atoms with Gasteiger partial charge in [-0.15, -0.1) is 0 Å². The first-order chi connectivity index (χ1) is 14.5. The van der Waals surface area contributed by atoms with E-state index in [1.807, 2.05) is 36.1 Å². The Labute approximate surface area is 181 Å².